The van der Waals surface area contributed by atoms with Crippen LogP contribution in [0.1, 0.15) is 139 Å². The van der Waals surface area contributed by atoms with Crippen LogP contribution in [0.4, 0.5) is 0 Å². The lowest BCUT2D eigenvalue weighted by atomic mass is 9.20. The molecule has 0 N–H and O–H groups in total. The maximum atomic E-state index is 2.62. The van der Waals surface area contributed by atoms with Crippen LogP contribution in [0, 0.1) is 19.3 Å². The zero-order valence-corrected chi connectivity index (χ0v) is 34.7. The van der Waals surface area contributed by atoms with E-state index in [-0.39, 0.29) is 18.8 Å². The van der Waals surface area contributed by atoms with Crippen LogP contribution in [0.3, 0.4) is 0 Å². The summed E-state index contributed by atoms with van der Waals surface area (Å²) in [4.78, 5) is 0. The molecule has 0 aliphatic carbocycles. The second kappa shape index (κ2) is 14.5. The molecule has 52 heavy (non-hydrogen) atoms. The normalized spacial score (nSPS) is 13.1. The van der Waals surface area contributed by atoms with E-state index in [1.54, 1.807) is 0 Å². The van der Waals surface area contributed by atoms with Crippen molar-refractivity contribution >= 4 is 46.2 Å². The van der Waals surface area contributed by atoms with Crippen LogP contribution < -0.4 is 37.3 Å². The van der Waals surface area contributed by atoms with Gasteiger partial charge in [-0.1, -0.05) is 182 Å². The number of rotatable bonds is 8. The molecule has 0 bridgehead atoms. The molecule has 0 atom stereocenters. The molecule has 1 nitrogen and oxygen atoms in total. The number of nitrogens with zero attached hydrogens (tertiary/aromatic N) is 1. The fourth-order valence-corrected chi connectivity index (χ4v) is 9.25. The lowest BCUT2D eigenvalue weighted by molar-refractivity contribution is -0.660. The topological polar surface area (TPSA) is 3.88 Å². The van der Waals surface area contributed by atoms with E-state index in [1.807, 2.05) is 0 Å². The van der Waals surface area contributed by atoms with Crippen molar-refractivity contribution < 1.29 is 4.57 Å². The van der Waals surface area contributed by atoms with Gasteiger partial charge in [-0.2, -0.15) is 0 Å². The lowest BCUT2D eigenvalue weighted by Crippen LogP contribution is -2.76. The van der Waals surface area contributed by atoms with Gasteiger partial charge in [-0.3, -0.25) is 0 Å². The first-order chi connectivity index (χ1) is 24.5. The fourth-order valence-electron chi connectivity index (χ4n) is 9.25. The molecule has 1 aromatic heterocycles. The number of fused-ring (bicyclic) bond motifs is 2. The van der Waals surface area contributed by atoms with Crippen LogP contribution in [0.5, 0.6) is 0 Å². The molecule has 268 valence electrons. The van der Waals surface area contributed by atoms with Gasteiger partial charge < -0.3 is 0 Å². The highest BCUT2D eigenvalue weighted by Gasteiger charge is 2.43. The van der Waals surface area contributed by atoms with E-state index in [0.29, 0.717) is 23.7 Å². The number of benzene rings is 4. The van der Waals surface area contributed by atoms with Gasteiger partial charge in [-0.15, -0.1) is 0 Å². The van der Waals surface area contributed by atoms with E-state index in [1.165, 1.54) is 83.0 Å². The molecule has 3 heteroatoms. The van der Waals surface area contributed by atoms with Crippen molar-refractivity contribution in [3.05, 3.63) is 124 Å². The molecule has 5 aromatic rings. The van der Waals surface area contributed by atoms with Gasteiger partial charge in [-0.05, 0) is 82.7 Å². The van der Waals surface area contributed by atoms with Crippen molar-refractivity contribution in [1.82, 2.24) is 0 Å². The molecule has 6 rings (SSSR count). The van der Waals surface area contributed by atoms with Gasteiger partial charge in [0.2, 0.25) is 19.1 Å². The monoisotopic (exact) mass is 687 g/mol. The van der Waals surface area contributed by atoms with Crippen molar-refractivity contribution in [2.24, 2.45) is 12.5 Å². The summed E-state index contributed by atoms with van der Waals surface area (Å²) in [5, 5.41) is 0. The Labute approximate surface area is 317 Å². The number of hydrogen-bond donors (Lipinski definition) is 0. The summed E-state index contributed by atoms with van der Waals surface area (Å²) in [5.74, 6) is 1.67. The Kier molecular flexibility index (Phi) is 10.6. The molecule has 0 saturated heterocycles. The maximum Gasteiger partial charge on any atom is 0.240 e. The standard InChI is InChI=1S/C49H62B2N/c1-30(2)37-19-17-20-38(31(3)4)47(37)50-42-23-15-16-24-43(42)51(48-39(32(5)6)21-18-22-40(48)33(7)8)45-27-41(34(9)25-44(45)50)46-26-36(28-49(11,12)13)35(10)29-52(46)14/h15-27,29-33H,28H2,1-14H3/q+1. The van der Waals surface area contributed by atoms with E-state index in [9.17, 15) is 0 Å². The Hall–Kier alpha value is -3.84. The third-order valence-electron chi connectivity index (χ3n) is 11.7. The summed E-state index contributed by atoms with van der Waals surface area (Å²) in [6.07, 6.45) is 3.40. The number of aromatic nitrogens is 1. The summed E-state index contributed by atoms with van der Waals surface area (Å²) in [6.45, 7) is 31.0. The van der Waals surface area contributed by atoms with Crippen LogP contribution in [-0.4, -0.2) is 13.4 Å². The van der Waals surface area contributed by atoms with Gasteiger partial charge >= 0.3 is 0 Å². The molecule has 0 fully saturated rings. The van der Waals surface area contributed by atoms with E-state index >= 15 is 0 Å². The van der Waals surface area contributed by atoms with Gasteiger partial charge in [0.05, 0.1) is 0 Å². The molecule has 2 heterocycles. The summed E-state index contributed by atoms with van der Waals surface area (Å²) in [5.41, 5.74) is 21.8. The van der Waals surface area contributed by atoms with Gasteiger partial charge in [0.15, 0.2) is 6.20 Å². The van der Waals surface area contributed by atoms with Crippen LogP contribution in [-0.2, 0) is 13.5 Å². The van der Waals surface area contributed by atoms with E-state index in [0.717, 1.165) is 6.42 Å². The molecule has 0 spiro atoms. The molecular weight excluding hydrogens is 624 g/mol. The van der Waals surface area contributed by atoms with Crippen LogP contribution in [0.2, 0.25) is 0 Å². The van der Waals surface area contributed by atoms with Crippen LogP contribution in [0.15, 0.2) is 85.1 Å². The molecule has 0 saturated carbocycles. The highest BCUT2D eigenvalue weighted by atomic mass is 14.9. The van der Waals surface area contributed by atoms with Crippen molar-refractivity contribution in [2.75, 3.05) is 0 Å². The lowest BCUT2D eigenvalue weighted by Gasteiger charge is -2.37. The molecular formula is C49H62B2N+. The zero-order chi connectivity index (χ0) is 37.8. The second-order valence-corrected chi connectivity index (χ2v) is 18.3. The summed E-state index contributed by atoms with van der Waals surface area (Å²) in [6, 6.07) is 31.4. The first kappa shape index (κ1) is 37.9. The summed E-state index contributed by atoms with van der Waals surface area (Å²) >= 11 is 0. The quantitative estimate of drug-likeness (QED) is 0.112. The zero-order valence-electron chi connectivity index (χ0n) is 34.7. The maximum absolute atomic E-state index is 2.62. The predicted molar refractivity (Wildman–Crippen MR) is 231 cm³/mol. The molecule has 4 aromatic carbocycles. The highest BCUT2D eigenvalue weighted by molar-refractivity contribution is 7.11. The van der Waals surface area contributed by atoms with Gasteiger partial charge in [0, 0.05) is 17.2 Å². The Morgan fingerprint density at radius 2 is 0.962 bits per heavy atom. The average Bonchev–Trinajstić information content (AvgIpc) is 3.07. The third kappa shape index (κ3) is 6.98. The number of pyridine rings is 1. The summed E-state index contributed by atoms with van der Waals surface area (Å²) < 4.78 is 2.37. The van der Waals surface area contributed by atoms with Crippen LogP contribution in [0.25, 0.3) is 11.3 Å². The van der Waals surface area contributed by atoms with Crippen molar-refractivity contribution in [2.45, 2.75) is 120 Å². The Bertz CT molecular complexity index is 2060. The molecule has 1 aliphatic rings. The minimum Gasteiger partial charge on any atom is -0.201 e. The third-order valence-corrected chi connectivity index (χ3v) is 11.7. The molecule has 1 aliphatic heterocycles. The molecule has 0 amide bonds. The Morgan fingerprint density at radius 3 is 1.37 bits per heavy atom. The SMILES string of the molecule is Cc1c[n+](C)c(-c2cc3c(cc2C)B(c2c(C(C)C)cccc2C(C)C)c2ccccc2B3c2c(C(C)C)cccc2C(C)C)cc1CC(C)(C)C. The van der Waals surface area contributed by atoms with Crippen molar-refractivity contribution in [3.8, 4) is 11.3 Å². The van der Waals surface area contributed by atoms with E-state index < -0.39 is 0 Å². The van der Waals surface area contributed by atoms with Gasteiger partial charge in [0.25, 0.3) is 0 Å². The minimum absolute atomic E-state index is 0.135. The molecule has 0 radical (unpaired) electrons. The highest BCUT2D eigenvalue weighted by Crippen LogP contribution is 2.29. The second-order valence-electron chi connectivity index (χ2n) is 18.3. The predicted octanol–water partition coefficient (Wildman–Crippen LogP) is 8.22. The Balaban J connectivity index is 1.77. The van der Waals surface area contributed by atoms with Crippen molar-refractivity contribution in [1.29, 1.82) is 0 Å². The first-order valence-electron chi connectivity index (χ1n) is 20.0. The van der Waals surface area contributed by atoms with E-state index in [4.69, 9.17) is 0 Å². The van der Waals surface area contributed by atoms with E-state index in [2.05, 4.69) is 187 Å². The number of aryl methyl sites for hydroxylation is 3. The van der Waals surface area contributed by atoms with Crippen molar-refractivity contribution in [3.63, 3.8) is 0 Å². The smallest absolute Gasteiger partial charge is 0.201 e. The minimum atomic E-state index is 0.135. The summed E-state index contributed by atoms with van der Waals surface area (Å²) in [7, 11) is 2.23. The van der Waals surface area contributed by atoms with Gasteiger partial charge in [-0.25, -0.2) is 4.57 Å². The number of hydrogen-bond acceptors (Lipinski definition) is 0. The Morgan fingerprint density at radius 1 is 0.538 bits per heavy atom. The fraction of sp³-hybridized carbons (Fsp3) is 0.408. The van der Waals surface area contributed by atoms with Gasteiger partial charge in [0.1, 0.15) is 7.05 Å². The molecule has 0 unspecified atom stereocenters. The first-order valence-corrected chi connectivity index (χ1v) is 20.0. The average molecular weight is 687 g/mol. The van der Waals surface area contributed by atoms with Crippen LogP contribution >= 0.6 is 0 Å². The largest absolute Gasteiger partial charge is 0.240 e.